The molecule has 0 radical (unpaired) electrons. The molecule has 0 aliphatic rings. The molecule has 0 fully saturated rings. The zero-order chi connectivity index (χ0) is 22.5. The number of fused-ring (bicyclic) bond motifs is 1. The van der Waals surface area contributed by atoms with Crippen LogP contribution in [-0.2, 0) is 6.61 Å². The molecular weight excluding hydrogens is 408 g/mol. The van der Waals surface area contributed by atoms with E-state index < -0.39 is 0 Å². The van der Waals surface area contributed by atoms with E-state index in [1.807, 2.05) is 121 Å². The minimum absolute atomic E-state index is 0.0835. The van der Waals surface area contributed by atoms with Crippen LogP contribution >= 0.6 is 0 Å². The van der Waals surface area contributed by atoms with E-state index in [9.17, 15) is 4.79 Å². The van der Waals surface area contributed by atoms with Gasteiger partial charge in [0.25, 0.3) is 5.56 Å². The summed E-state index contributed by atoms with van der Waals surface area (Å²) in [6, 6.07) is 35.0. The molecule has 5 rings (SSSR count). The lowest BCUT2D eigenvalue weighted by Crippen LogP contribution is -2.22. The third-order valence-electron chi connectivity index (χ3n) is 5.37. The maximum atomic E-state index is 13.3. The third kappa shape index (κ3) is 4.60. The van der Waals surface area contributed by atoms with Gasteiger partial charge in [-0.25, -0.2) is 4.98 Å². The quantitative estimate of drug-likeness (QED) is 0.325. The van der Waals surface area contributed by atoms with Crippen molar-refractivity contribution in [3.05, 3.63) is 136 Å². The van der Waals surface area contributed by atoms with Crippen LogP contribution in [-0.4, -0.2) is 9.55 Å². The molecule has 0 saturated carbocycles. The number of para-hydroxylation sites is 3. The molecule has 0 unspecified atom stereocenters. The second-order valence-corrected chi connectivity index (χ2v) is 7.64. The second-order valence-electron chi connectivity index (χ2n) is 7.64. The zero-order valence-electron chi connectivity index (χ0n) is 18.0. The number of benzene rings is 4. The largest absolute Gasteiger partial charge is 0.489 e. The normalized spacial score (nSPS) is 11.2. The highest BCUT2D eigenvalue weighted by Gasteiger charge is 2.10. The van der Waals surface area contributed by atoms with E-state index in [-0.39, 0.29) is 5.56 Å². The smallest absolute Gasteiger partial charge is 0.266 e. The van der Waals surface area contributed by atoms with Crippen LogP contribution in [0.5, 0.6) is 5.75 Å². The van der Waals surface area contributed by atoms with E-state index in [4.69, 9.17) is 9.72 Å². The minimum atomic E-state index is -0.0835. The Balaban J connectivity index is 1.44. The summed E-state index contributed by atoms with van der Waals surface area (Å²) in [6.07, 6.45) is 3.86. The van der Waals surface area contributed by atoms with Crippen LogP contribution in [0.15, 0.2) is 114 Å². The summed E-state index contributed by atoms with van der Waals surface area (Å²) in [7, 11) is 0. The Morgan fingerprint density at radius 1 is 0.727 bits per heavy atom. The van der Waals surface area contributed by atoms with Gasteiger partial charge in [0.05, 0.1) is 16.6 Å². The van der Waals surface area contributed by atoms with E-state index in [0.29, 0.717) is 23.3 Å². The molecule has 0 N–H and O–H groups in total. The predicted molar refractivity (Wildman–Crippen MR) is 133 cm³/mol. The van der Waals surface area contributed by atoms with Gasteiger partial charge >= 0.3 is 0 Å². The second kappa shape index (κ2) is 9.37. The molecule has 5 aromatic rings. The molecule has 0 spiro atoms. The van der Waals surface area contributed by atoms with Gasteiger partial charge in [-0.15, -0.1) is 0 Å². The van der Waals surface area contributed by atoms with Crippen LogP contribution in [0.25, 0.3) is 28.7 Å². The predicted octanol–water partition coefficient (Wildman–Crippen LogP) is 6.14. The van der Waals surface area contributed by atoms with Crippen LogP contribution in [0.4, 0.5) is 0 Å². The molecule has 4 heteroatoms. The van der Waals surface area contributed by atoms with Gasteiger partial charge in [-0.05, 0) is 53.6 Å². The highest BCUT2D eigenvalue weighted by Crippen LogP contribution is 2.16. The Bertz CT molecular complexity index is 1460. The van der Waals surface area contributed by atoms with Crippen molar-refractivity contribution >= 4 is 23.1 Å². The fraction of sp³-hybridized carbons (Fsp3) is 0.0345. The molecule has 0 bridgehead atoms. The molecule has 4 nitrogen and oxygen atoms in total. The molecular formula is C29H22N2O2. The van der Waals surface area contributed by atoms with Gasteiger partial charge in [0.2, 0.25) is 0 Å². The standard InChI is InChI=1S/C29H22N2O2/c32-29-26-13-7-8-14-27(26)30-28(31(29)24-9-3-1-4-10-24)20-19-22-15-17-23(18-16-22)21-33-25-11-5-2-6-12-25/h1-20H,21H2/b20-19+. The first-order chi connectivity index (χ1) is 16.3. The van der Waals surface area contributed by atoms with Gasteiger partial charge < -0.3 is 4.74 Å². The van der Waals surface area contributed by atoms with E-state index in [2.05, 4.69) is 0 Å². The Kier molecular flexibility index (Phi) is 5.81. The first kappa shape index (κ1) is 20.5. The minimum Gasteiger partial charge on any atom is -0.489 e. The topological polar surface area (TPSA) is 44.1 Å². The first-order valence-electron chi connectivity index (χ1n) is 10.8. The van der Waals surface area contributed by atoms with Crippen molar-refractivity contribution in [1.29, 1.82) is 0 Å². The summed E-state index contributed by atoms with van der Waals surface area (Å²) in [5.74, 6) is 1.43. The number of rotatable bonds is 6. The Hall–Kier alpha value is -4.44. The molecule has 0 aliphatic heterocycles. The number of ether oxygens (including phenoxy) is 1. The summed E-state index contributed by atoms with van der Waals surface area (Å²) < 4.78 is 7.47. The molecule has 160 valence electrons. The molecule has 0 amide bonds. The summed E-state index contributed by atoms with van der Waals surface area (Å²) in [6.45, 7) is 0.508. The molecule has 1 aromatic heterocycles. The van der Waals surface area contributed by atoms with Crippen LogP contribution in [0.1, 0.15) is 17.0 Å². The van der Waals surface area contributed by atoms with Gasteiger partial charge in [0, 0.05) is 0 Å². The average molecular weight is 431 g/mol. The summed E-state index contributed by atoms with van der Waals surface area (Å²) >= 11 is 0. The lowest BCUT2D eigenvalue weighted by molar-refractivity contribution is 0.306. The maximum Gasteiger partial charge on any atom is 0.266 e. The third-order valence-corrected chi connectivity index (χ3v) is 5.37. The monoisotopic (exact) mass is 430 g/mol. The van der Waals surface area contributed by atoms with Gasteiger partial charge in [0.1, 0.15) is 18.2 Å². The Labute approximate surface area is 192 Å². The fourth-order valence-electron chi connectivity index (χ4n) is 3.67. The highest BCUT2D eigenvalue weighted by atomic mass is 16.5. The molecule has 0 saturated heterocycles. The summed E-state index contributed by atoms with van der Waals surface area (Å²) in [5.41, 5.74) is 3.48. The van der Waals surface area contributed by atoms with Crippen molar-refractivity contribution < 1.29 is 4.74 Å². The van der Waals surface area contributed by atoms with Crippen molar-refractivity contribution in [2.45, 2.75) is 6.61 Å². The Morgan fingerprint density at radius 2 is 1.39 bits per heavy atom. The number of aromatic nitrogens is 2. The molecule has 0 atom stereocenters. The fourth-order valence-corrected chi connectivity index (χ4v) is 3.67. The van der Waals surface area contributed by atoms with E-state index >= 15 is 0 Å². The zero-order valence-corrected chi connectivity index (χ0v) is 18.0. The highest BCUT2D eigenvalue weighted by molar-refractivity contribution is 5.80. The number of nitrogens with zero attached hydrogens (tertiary/aromatic N) is 2. The van der Waals surface area contributed by atoms with Crippen LogP contribution in [0, 0.1) is 0 Å². The lowest BCUT2D eigenvalue weighted by atomic mass is 10.1. The Morgan fingerprint density at radius 3 is 2.15 bits per heavy atom. The van der Waals surface area contributed by atoms with Gasteiger partial charge in [-0.1, -0.05) is 78.9 Å². The molecule has 1 heterocycles. The SMILES string of the molecule is O=c1c2ccccc2nc(/C=C/c2ccc(COc3ccccc3)cc2)n1-c1ccccc1. The van der Waals surface area contributed by atoms with Crippen LogP contribution in [0.3, 0.4) is 0 Å². The van der Waals surface area contributed by atoms with Crippen LogP contribution < -0.4 is 10.3 Å². The lowest BCUT2D eigenvalue weighted by Gasteiger charge is -2.11. The van der Waals surface area contributed by atoms with Crippen molar-refractivity contribution in [1.82, 2.24) is 9.55 Å². The van der Waals surface area contributed by atoms with Crippen molar-refractivity contribution in [2.75, 3.05) is 0 Å². The van der Waals surface area contributed by atoms with E-state index in [0.717, 1.165) is 22.6 Å². The van der Waals surface area contributed by atoms with E-state index in [1.165, 1.54) is 0 Å². The maximum absolute atomic E-state index is 13.3. The molecule has 4 aromatic carbocycles. The van der Waals surface area contributed by atoms with Gasteiger partial charge in [-0.3, -0.25) is 9.36 Å². The average Bonchev–Trinajstić information content (AvgIpc) is 2.88. The number of hydrogen-bond acceptors (Lipinski definition) is 3. The van der Waals surface area contributed by atoms with Gasteiger partial charge in [0.15, 0.2) is 0 Å². The summed E-state index contributed by atoms with van der Waals surface area (Å²) in [5, 5.41) is 0.598. The first-order valence-corrected chi connectivity index (χ1v) is 10.8. The van der Waals surface area contributed by atoms with Crippen molar-refractivity contribution in [2.24, 2.45) is 0 Å². The molecule has 0 aliphatic carbocycles. The van der Waals surface area contributed by atoms with Crippen molar-refractivity contribution in [3.8, 4) is 11.4 Å². The number of hydrogen-bond donors (Lipinski definition) is 0. The van der Waals surface area contributed by atoms with E-state index in [1.54, 1.807) is 4.57 Å². The van der Waals surface area contributed by atoms with Crippen molar-refractivity contribution in [3.63, 3.8) is 0 Å². The molecule has 33 heavy (non-hydrogen) atoms. The van der Waals surface area contributed by atoms with Gasteiger partial charge in [-0.2, -0.15) is 0 Å². The summed E-state index contributed by atoms with van der Waals surface area (Å²) in [4.78, 5) is 18.0. The van der Waals surface area contributed by atoms with Crippen LogP contribution in [0.2, 0.25) is 0 Å².